The number of esters is 1. The smallest absolute Gasteiger partial charge is 0.343 e. The van der Waals surface area contributed by atoms with E-state index in [1.807, 2.05) is 30.3 Å². The average Bonchev–Trinajstić information content (AvgIpc) is 3.13. The van der Waals surface area contributed by atoms with E-state index in [0.29, 0.717) is 28.4 Å². The summed E-state index contributed by atoms with van der Waals surface area (Å²) in [6.45, 7) is 0.209. The number of hydrogen-bond donors (Lipinski definition) is 0. The lowest BCUT2D eigenvalue weighted by molar-refractivity contribution is -0.130. The summed E-state index contributed by atoms with van der Waals surface area (Å²) in [6.07, 6.45) is 3.44. The zero-order valence-electron chi connectivity index (χ0n) is 16.6. The van der Waals surface area contributed by atoms with E-state index < -0.39 is 5.97 Å². The van der Waals surface area contributed by atoms with E-state index in [1.165, 1.54) is 19.2 Å². The highest BCUT2D eigenvalue weighted by molar-refractivity contribution is 9.10. The van der Waals surface area contributed by atoms with Crippen molar-refractivity contribution in [1.29, 1.82) is 0 Å². The maximum Gasteiger partial charge on any atom is 0.343 e. The molecule has 0 N–H and O–H groups in total. The molecule has 0 radical (unpaired) electrons. The minimum Gasteiger partial charge on any atom is -0.493 e. The SMILES string of the molecule is COc1cc(/C=C2\C=C(c3ccc(Br)cc3)OC2=O)ccc1OCc1cccc(F)c1. The molecule has 0 saturated carbocycles. The monoisotopic (exact) mass is 480 g/mol. The predicted molar refractivity (Wildman–Crippen MR) is 120 cm³/mol. The van der Waals surface area contributed by atoms with Gasteiger partial charge in [0, 0.05) is 10.0 Å². The normalized spacial score (nSPS) is 14.4. The zero-order valence-corrected chi connectivity index (χ0v) is 18.2. The van der Waals surface area contributed by atoms with Crippen molar-refractivity contribution in [2.24, 2.45) is 0 Å². The minimum atomic E-state index is -0.414. The van der Waals surface area contributed by atoms with Gasteiger partial charge in [0.1, 0.15) is 18.2 Å². The summed E-state index contributed by atoms with van der Waals surface area (Å²) in [6, 6.07) is 19.1. The van der Waals surface area contributed by atoms with Gasteiger partial charge in [-0.2, -0.15) is 0 Å². The van der Waals surface area contributed by atoms with Crippen LogP contribution in [0, 0.1) is 5.82 Å². The third kappa shape index (κ3) is 5.03. The van der Waals surface area contributed by atoms with Gasteiger partial charge in [-0.3, -0.25) is 0 Å². The number of hydrogen-bond acceptors (Lipinski definition) is 4. The Balaban J connectivity index is 1.53. The van der Waals surface area contributed by atoms with Crippen LogP contribution in [0.2, 0.25) is 0 Å². The molecule has 1 heterocycles. The molecule has 4 nitrogen and oxygen atoms in total. The average molecular weight is 481 g/mol. The first kappa shape index (κ1) is 20.9. The Labute approximate surface area is 187 Å². The third-order valence-electron chi connectivity index (χ3n) is 4.65. The van der Waals surface area contributed by atoms with E-state index in [2.05, 4.69) is 15.9 Å². The Bertz CT molecular complexity index is 1180. The van der Waals surface area contributed by atoms with Gasteiger partial charge < -0.3 is 14.2 Å². The molecule has 0 fully saturated rings. The van der Waals surface area contributed by atoms with Gasteiger partial charge in [-0.1, -0.05) is 46.3 Å². The number of methoxy groups -OCH3 is 1. The number of rotatable bonds is 6. The molecule has 0 spiro atoms. The fourth-order valence-electron chi connectivity index (χ4n) is 3.11. The molecule has 0 bridgehead atoms. The van der Waals surface area contributed by atoms with E-state index in [0.717, 1.165) is 15.6 Å². The standard InChI is InChI=1S/C25H18BrFO4/c1-29-24-13-16(5-10-22(24)30-15-17-3-2-4-21(27)12-17)11-19-14-23(31-25(19)28)18-6-8-20(26)9-7-18/h2-14H,15H2,1H3/b19-11+. The molecule has 3 aromatic carbocycles. The zero-order chi connectivity index (χ0) is 21.8. The lowest BCUT2D eigenvalue weighted by Crippen LogP contribution is -1.99. The molecule has 0 amide bonds. The molecule has 4 rings (SSSR count). The number of benzene rings is 3. The van der Waals surface area contributed by atoms with Crippen LogP contribution in [0.4, 0.5) is 4.39 Å². The lowest BCUT2D eigenvalue weighted by Gasteiger charge is -2.11. The van der Waals surface area contributed by atoms with Gasteiger partial charge in [0.25, 0.3) is 0 Å². The van der Waals surface area contributed by atoms with Crippen LogP contribution >= 0.6 is 15.9 Å². The van der Waals surface area contributed by atoms with Crippen molar-refractivity contribution in [3.05, 3.63) is 105 Å². The summed E-state index contributed by atoms with van der Waals surface area (Å²) >= 11 is 3.39. The molecule has 1 aliphatic rings. The molecule has 0 unspecified atom stereocenters. The van der Waals surface area contributed by atoms with Crippen LogP contribution in [-0.4, -0.2) is 13.1 Å². The van der Waals surface area contributed by atoms with E-state index >= 15 is 0 Å². The van der Waals surface area contributed by atoms with Crippen LogP contribution in [0.5, 0.6) is 11.5 Å². The maximum absolute atomic E-state index is 13.3. The topological polar surface area (TPSA) is 44.8 Å². The van der Waals surface area contributed by atoms with Crippen molar-refractivity contribution in [2.75, 3.05) is 7.11 Å². The van der Waals surface area contributed by atoms with E-state index in [1.54, 1.807) is 36.4 Å². The number of carbonyl (C=O) groups excluding carboxylic acids is 1. The van der Waals surface area contributed by atoms with Crippen molar-refractivity contribution in [1.82, 2.24) is 0 Å². The number of cyclic esters (lactones) is 1. The summed E-state index contributed by atoms with van der Waals surface area (Å²) in [5.74, 6) is 0.811. The van der Waals surface area contributed by atoms with E-state index in [9.17, 15) is 9.18 Å². The first-order valence-corrected chi connectivity index (χ1v) is 10.3. The van der Waals surface area contributed by atoms with E-state index in [4.69, 9.17) is 14.2 Å². The number of halogens is 2. The van der Waals surface area contributed by atoms with Gasteiger partial charge in [0.2, 0.25) is 0 Å². The molecule has 3 aromatic rings. The molecule has 1 aliphatic heterocycles. The highest BCUT2D eigenvalue weighted by Crippen LogP contribution is 2.32. The summed E-state index contributed by atoms with van der Waals surface area (Å²) in [5.41, 5.74) is 2.73. The number of carbonyl (C=O) groups is 1. The molecule has 0 aromatic heterocycles. The summed E-state index contributed by atoms with van der Waals surface area (Å²) in [5, 5.41) is 0. The van der Waals surface area contributed by atoms with Gasteiger partial charge >= 0.3 is 5.97 Å². The lowest BCUT2D eigenvalue weighted by atomic mass is 10.1. The van der Waals surface area contributed by atoms with E-state index in [-0.39, 0.29) is 12.4 Å². The molecular formula is C25H18BrFO4. The molecule has 156 valence electrons. The Hall–Kier alpha value is -3.38. The summed E-state index contributed by atoms with van der Waals surface area (Å²) in [7, 11) is 1.54. The molecular weight excluding hydrogens is 463 g/mol. The van der Waals surface area contributed by atoms with Crippen LogP contribution in [-0.2, 0) is 16.1 Å². The second kappa shape index (κ2) is 9.18. The maximum atomic E-state index is 13.3. The Kier molecular flexibility index (Phi) is 6.18. The van der Waals surface area contributed by atoms with Gasteiger partial charge in [-0.05, 0) is 59.7 Å². The Morgan fingerprint density at radius 2 is 1.84 bits per heavy atom. The summed E-state index contributed by atoms with van der Waals surface area (Å²) < 4.78 is 30.9. The largest absolute Gasteiger partial charge is 0.493 e. The molecule has 6 heteroatoms. The molecule has 31 heavy (non-hydrogen) atoms. The molecule has 0 saturated heterocycles. The number of ether oxygens (including phenoxy) is 3. The second-order valence-electron chi connectivity index (χ2n) is 6.83. The van der Waals surface area contributed by atoms with Crippen LogP contribution in [0.15, 0.2) is 82.9 Å². The van der Waals surface area contributed by atoms with Crippen LogP contribution in [0.25, 0.3) is 11.8 Å². The van der Waals surface area contributed by atoms with Crippen molar-refractivity contribution in [3.63, 3.8) is 0 Å². The van der Waals surface area contributed by atoms with Crippen molar-refractivity contribution < 1.29 is 23.4 Å². The highest BCUT2D eigenvalue weighted by atomic mass is 79.9. The van der Waals surface area contributed by atoms with Crippen LogP contribution < -0.4 is 9.47 Å². The predicted octanol–water partition coefficient (Wildman–Crippen LogP) is 6.16. The van der Waals surface area contributed by atoms with Crippen LogP contribution in [0.1, 0.15) is 16.7 Å². The minimum absolute atomic E-state index is 0.209. The quantitative estimate of drug-likeness (QED) is 0.313. The van der Waals surface area contributed by atoms with Crippen molar-refractivity contribution in [2.45, 2.75) is 6.61 Å². The van der Waals surface area contributed by atoms with Gasteiger partial charge in [-0.15, -0.1) is 0 Å². The van der Waals surface area contributed by atoms with Crippen LogP contribution in [0.3, 0.4) is 0 Å². The summed E-state index contributed by atoms with van der Waals surface area (Å²) in [4.78, 5) is 12.3. The van der Waals surface area contributed by atoms with Gasteiger partial charge in [-0.25, -0.2) is 9.18 Å². The Morgan fingerprint density at radius 1 is 1.03 bits per heavy atom. The highest BCUT2D eigenvalue weighted by Gasteiger charge is 2.22. The van der Waals surface area contributed by atoms with Gasteiger partial charge in [0.15, 0.2) is 11.5 Å². The Morgan fingerprint density at radius 3 is 2.58 bits per heavy atom. The third-order valence-corrected chi connectivity index (χ3v) is 5.18. The van der Waals surface area contributed by atoms with Gasteiger partial charge in [0.05, 0.1) is 12.7 Å². The first-order chi connectivity index (χ1) is 15.0. The van der Waals surface area contributed by atoms with Crippen molar-refractivity contribution >= 4 is 33.7 Å². The van der Waals surface area contributed by atoms with Crippen molar-refractivity contribution in [3.8, 4) is 11.5 Å². The first-order valence-electron chi connectivity index (χ1n) is 9.48. The fraction of sp³-hybridized carbons (Fsp3) is 0.0800. The molecule has 0 atom stereocenters. The fourth-order valence-corrected chi connectivity index (χ4v) is 3.37. The molecule has 0 aliphatic carbocycles. The second-order valence-corrected chi connectivity index (χ2v) is 7.75.